The molecule has 1 aromatic rings. The van der Waals surface area contributed by atoms with Gasteiger partial charge in [-0.25, -0.2) is 0 Å². The molecule has 0 saturated heterocycles. The third-order valence-electron chi connectivity index (χ3n) is 3.20. The van der Waals surface area contributed by atoms with Crippen LogP contribution in [0.3, 0.4) is 0 Å². The molecule has 0 fully saturated rings. The topological polar surface area (TPSA) is 76.8 Å². The van der Waals surface area contributed by atoms with Crippen molar-refractivity contribution in [2.24, 2.45) is 5.18 Å². The van der Waals surface area contributed by atoms with Gasteiger partial charge in [-0.3, -0.25) is 0 Å². The number of ether oxygens (including phenoxy) is 3. The number of aromatic nitrogens is 2. The van der Waals surface area contributed by atoms with Crippen molar-refractivity contribution < 1.29 is 18.9 Å². The monoisotopic (exact) mass is 300 g/mol. The summed E-state index contributed by atoms with van der Waals surface area (Å²) in [5, 5.41) is 6.36. The fraction of sp³-hybridized carbons (Fsp3) is 0.786. The van der Waals surface area contributed by atoms with E-state index in [0.717, 1.165) is 24.2 Å². The zero-order chi connectivity index (χ0) is 15.5. The van der Waals surface area contributed by atoms with Gasteiger partial charge in [-0.2, -0.15) is 5.10 Å². The second-order valence-corrected chi connectivity index (χ2v) is 4.55. The third-order valence-corrected chi connectivity index (χ3v) is 3.20. The second kappa shape index (κ2) is 10.4. The van der Waals surface area contributed by atoms with E-state index in [1.54, 1.807) is 7.11 Å². The standard InChI is InChI=1S/C14H25N3O4/c1-4-12-14(16-18)13(5-2)17(15-12)6-7-20-10-11-21-9-8-19-3/h4-11H2,1-3H3/p+1. The predicted molar refractivity (Wildman–Crippen MR) is 78.7 cm³/mol. The summed E-state index contributed by atoms with van der Waals surface area (Å²) in [6, 6.07) is 0. The van der Waals surface area contributed by atoms with E-state index in [1.165, 1.54) is 0 Å². The lowest BCUT2D eigenvalue weighted by molar-refractivity contribution is -0.757. The molecule has 0 amide bonds. The number of hydrogen-bond acceptors (Lipinski definition) is 5. The summed E-state index contributed by atoms with van der Waals surface area (Å²) >= 11 is 0. The molecule has 7 nitrogen and oxygen atoms in total. The maximum Gasteiger partial charge on any atom is 0.236 e. The Morgan fingerprint density at radius 3 is 2.29 bits per heavy atom. The first-order valence-corrected chi connectivity index (χ1v) is 7.39. The fourth-order valence-corrected chi connectivity index (χ4v) is 2.11. The fourth-order valence-electron chi connectivity index (χ4n) is 2.11. The van der Waals surface area contributed by atoms with Crippen LogP contribution in [0, 0.1) is 4.91 Å². The van der Waals surface area contributed by atoms with Crippen molar-refractivity contribution in [3.63, 3.8) is 0 Å². The first-order chi connectivity index (χ1) is 10.3. The molecule has 0 atom stereocenters. The van der Waals surface area contributed by atoms with Gasteiger partial charge in [0.1, 0.15) is 12.3 Å². The van der Waals surface area contributed by atoms with Crippen LogP contribution in [0.4, 0.5) is 5.69 Å². The molecule has 0 spiro atoms. The Hall–Kier alpha value is -1.31. The molecule has 120 valence electrons. The van der Waals surface area contributed by atoms with Gasteiger partial charge in [0.2, 0.25) is 11.4 Å². The highest BCUT2D eigenvalue weighted by atomic mass is 16.5. The summed E-state index contributed by atoms with van der Waals surface area (Å²) in [5.41, 5.74) is 2.36. The van der Waals surface area contributed by atoms with E-state index >= 15 is 0 Å². The highest BCUT2D eigenvalue weighted by Gasteiger charge is 2.23. The molecular formula is C14H26N3O4+. The van der Waals surface area contributed by atoms with Gasteiger partial charge < -0.3 is 14.2 Å². The van der Waals surface area contributed by atoms with Crippen molar-refractivity contribution in [2.75, 3.05) is 40.1 Å². The van der Waals surface area contributed by atoms with Crippen LogP contribution in [0.15, 0.2) is 5.18 Å². The molecule has 0 saturated carbocycles. The van der Waals surface area contributed by atoms with Crippen molar-refractivity contribution in [1.29, 1.82) is 0 Å². The van der Waals surface area contributed by atoms with E-state index < -0.39 is 0 Å². The molecule has 1 N–H and O–H groups in total. The Morgan fingerprint density at radius 2 is 1.71 bits per heavy atom. The number of rotatable bonds is 12. The molecule has 1 rings (SSSR count). The Balaban J connectivity index is 2.35. The van der Waals surface area contributed by atoms with E-state index in [9.17, 15) is 4.91 Å². The van der Waals surface area contributed by atoms with Gasteiger partial charge in [0, 0.05) is 13.5 Å². The van der Waals surface area contributed by atoms with Crippen LogP contribution >= 0.6 is 0 Å². The normalized spacial score (nSPS) is 11.0. The van der Waals surface area contributed by atoms with Gasteiger partial charge in [-0.05, 0) is 11.6 Å². The van der Waals surface area contributed by atoms with Gasteiger partial charge in [-0.15, -0.1) is 9.59 Å². The maximum atomic E-state index is 10.9. The lowest BCUT2D eigenvalue weighted by Crippen LogP contribution is -2.41. The molecule has 0 aliphatic rings. The van der Waals surface area contributed by atoms with Gasteiger partial charge in [0.05, 0.1) is 26.4 Å². The smallest absolute Gasteiger partial charge is 0.236 e. The molecule has 0 bridgehead atoms. The Morgan fingerprint density at radius 1 is 1.05 bits per heavy atom. The lowest BCUT2D eigenvalue weighted by Gasteiger charge is -2.03. The van der Waals surface area contributed by atoms with E-state index in [2.05, 4.69) is 10.3 Å². The van der Waals surface area contributed by atoms with Crippen LogP contribution < -0.4 is 4.68 Å². The number of methoxy groups -OCH3 is 1. The lowest BCUT2D eigenvalue weighted by atomic mass is 10.2. The predicted octanol–water partition coefficient (Wildman–Crippen LogP) is 1.50. The molecule has 21 heavy (non-hydrogen) atoms. The van der Waals surface area contributed by atoms with Crippen molar-refractivity contribution in [3.8, 4) is 0 Å². The first kappa shape index (κ1) is 17.7. The Labute approximate surface area is 125 Å². The van der Waals surface area contributed by atoms with Gasteiger partial charge in [0.15, 0.2) is 6.54 Å². The maximum absolute atomic E-state index is 10.9. The van der Waals surface area contributed by atoms with Gasteiger partial charge >= 0.3 is 0 Å². The zero-order valence-electron chi connectivity index (χ0n) is 13.2. The minimum absolute atomic E-state index is 0.544. The summed E-state index contributed by atoms with van der Waals surface area (Å²) in [4.78, 5) is 10.9. The SMILES string of the molecule is CCc1[nH][n+](CCOCCOCCOC)c(CC)c1N=O. The number of aryl methyl sites for hydroxylation is 1. The molecule has 1 heterocycles. The minimum Gasteiger partial charge on any atom is -0.382 e. The number of aromatic amines is 1. The molecule has 0 unspecified atom stereocenters. The summed E-state index contributed by atoms with van der Waals surface area (Å²) in [6.45, 7) is 7.53. The molecule has 0 radical (unpaired) electrons. The van der Waals surface area contributed by atoms with Gasteiger partial charge in [0.25, 0.3) is 0 Å². The van der Waals surface area contributed by atoms with Crippen LogP contribution in [0.1, 0.15) is 25.2 Å². The molecule has 7 heteroatoms. The minimum atomic E-state index is 0.544. The van der Waals surface area contributed by atoms with Crippen molar-refractivity contribution >= 4 is 5.69 Å². The number of H-pyrrole nitrogens is 1. The molecular weight excluding hydrogens is 274 g/mol. The Kier molecular flexibility index (Phi) is 8.80. The average molecular weight is 300 g/mol. The van der Waals surface area contributed by atoms with Crippen LogP contribution in [0.25, 0.3) is 0 Å². The molecule has 0 aliphatic carbocycles. The van der Waals surface area contributed by atoms with Crippen LogP contribution in [-0.2, 0) is 33.6 Å². The van der Waals surface area contributed by atoms with E-state index in [0.29, 0.717) is 45.3 Å². The highest BCUT2D eigenvalue weighted by molar-refractivity contribution is 5.44. The number of hydrogen-bond donors (Lipinski definition) is 1. The zero-order valence-corrected chi connectivity index (χ0v) is 13.2. The summed E-state index contributed by atoms with van der Waals surface area (Å²) < 4.78 is 17.7. The van der Waals surface area contributed by atoms with Gasteiger partial charge in [-0.1, -0.05) is 13.8 Å². The van der Waals surface area contributed by atoms with E-state index in [-0.39, 0.29) is 0 Å². The highest BCUT2D eigenvalue weighted by Crippen LogP contribution is 2.21. The van der Waals surface area contributed by atoms with E-state index in [1.807, 2.05) is 18.5 Å². The van der Waals surface area contributed by atoms with E-state index in [4.69, 9.17) is 14.2 Å². The molecule has 0 aromatic carbocycles. The summed E-state index contributed by atoms with van der Waals surface area (Å²) in [6.07, 6.45) is 1.52. The summed E-state index contributed by atoms with van der Waals surface area (Å²) in [7, 11) is 1.64. The quantitative estimate of drug-likeness (QED) is 0.360. The third kappa shape index (κ3) is 5.53. The number of nitrogens with zero attached hydrogens (tertiary/aromatic N) is 2. The van der Waals surface area contributed by atoms with Crippen LogP contribution in [0.2, 0.25) is 0 Å². The van der Waals surface area contributed by atoms with Crippen molar-refractivity contribution in [3.05, 3.63) is 16.3 Å². The van der Waals surface area contributed by atoms with Crippen molar-refractivity contribution in [2.45, 2.75) is 33.2 Å². The molecule has 1 aromatic heterocycles. The molecule has 0 aliphatic heterocycles. The number of nitrogens with one attached hydrogen (secondary N) is 1. The largest absolute Gasteiger partial charge is 0.382 e. The Bertz CT molecular complexity index is 421. The van der Waals surface area contributed by atoms with Crippen molar-refractivity contribution in [1.82, 2.24) is 5.10 Å². The second-order valence-electron chi connectivity index (χ2n) is 4.55. The first-order valence-electron chi connectivity index (χ1n) is 7.39. The van der Waals surface area contributed by atoms with Crippen LogP contribution in [0.5, 0.6) is 0 Å². The number of nitroso groups, excluding NO2 is 1. The average Bonchev–Trinajstić information content (AvgIpc) is 2.86. The summed E-state index contributed by atoms with van der Waals surface area (Å²) in [5.74, 6) is 0. The van der Waals surface area contributed by atoms with Crippen LogP contribution in [-0.4, -0.2) is 45.2 Å².